The molecule has 114 valence electrons. The van der Waals surface area contributed by atoms with E-state index in [4.69, 9.17) is 0 Å². The molecule has 0 spiro atoms. The van der Waals surface area contributed by atoms with Crippen LogP contribution >= 0.6 is 0 Å². The number of hydrogen-bond acceptors (Lipinski definition) is 3. The van der Waals surface area contributed by atoms with E-state index in [1.807, 2.05) is 28.8 Å². The first-order valence-corrected chi connectivity index (χ1v) is 7.44. The molecule has 0 unspecified atom stereocenters. The van der Waals surface area contributed by atoms with Gasteiger partial charge in [-0.2, -0.15) is 0 Å². The largest absolute Gasteiger partial charge is 0.356 e. The van der Waals surface area contributed by atoms with Gasteiger partial charge in [-0.05, 0) is 24.5 Å². The quantitative estimate of drug-likeness (QED) is 0.480. The fourth-order valence-electron chi connectivity index (χ4n) is 2.04. The van der Waals surface area contributed by atoms with Crippen molar-refractivity contribution in [3.63, 3.8) is 0 Å². The van der Waals surface area contributed by atoms with Crippen molar-refractivity contribution in [1.82, 2.24) is 25.2 Å². The molecule has 0 radical (unpaired) electrons. The van der Waals surface area contributed by atoms with Gasteiger partial charge < -0.3 is 10.6 Å². The van der Waals surface area contributed by atoms with Gasteiger partial charge in [0.1, 0.15) is 5.82 Å². The predicted molar refractivity (Wildman–Crippen MR) is 85.5 cm³/mol. The van der Waals surface area contributed by atoms with Crippen LogP contribution in [0.3, 0.4) is 0 Å². The second-order valence-electron chi connectivity index (χ2n) is 5.42. The molecule has 0 amide bonds. The maximum absolute atomic E-state index is 4.23. The summed E-state index contributed by atoms with van der Waals surface area (Å²) in [6.45, 7) is 6.14. The molecule has 2 aromatic rings. The van der Waals surface area contributed by atoms with Crippen LogP contribution in [-0.2, 0) is 6.42 Å². The summed E-state index contributed by atoms with van der Waals surface area (Å²) >= 11 is 0. The lowest BCUT2D eigenvalue weighted by atomic mass is 10.2. The number of aliphatic imine (C=N–C) groups is 1. The van der Waals surface area contributed by atoms with E-state index in [1.165, 1.54) is 0 Å². The number of guanidine groups is 1. The number of pyridine rings is 1. The van der Waals surface area contributed by atoms with Gasteiger partial charge in [0.15, 0.2) is 11.6 Å². The minimum atomic E-state index is 0.603. The van der Waals surface area contributed by atoms with E-state index < -0.39 is 0 Å². The number of aromatic nitrogens is 3. The number of aryl methyl sites for hydroxylation is 1. The smallest absolute Gasteiger partial charge is 0.190 e. The van der Waals surface area contributed by atoms with Crippen molar-refractivity contribution in [2.75, 3.05) is 20.1 Å². The zero-order chi connectivity index (χ0) is 15.1. The van der Waals surface area contributed by atoms with Gasteiger partial charge in [-0.15, -0.1) is 10.2 Å². The molecule has 0 bridgehead atoms. The average molecular weight is 288 g/mol. The third-order valence-electron chi connectivity index (χ3n) is 3.16. The Morgan fingerprint density at radius 3 is 2.90 bits per heavy atom. The first-order chi connectivity index (χ1) is 10.2. The highest BCUT2D eigenvalue weighted by Gasteiger charge is 2.04. The molecule has 2 rings (SSSR count). The normalized spacial score (nSPS) is 12.1. The lowest BCUT2D eigenvalue weighted by molar-refractivity contribution is 0.612. The lowest BCUT2D eigenvalue weighted by Gasteiger charge is -2.13. The summed E-state index contributed by atoms with van der Waals surface area (Å²) in [6.07, 6.45) is 3.87. The summed E-state index contributed by atoms with van der Waals surface area (Å²) in [5, 5.41) is 15.0. The predicted octanol–water partition coefficient (Wildman–Crippen LogP) is 1.48. The van der Waals surface area contributed by atoms with E-state index in [0.717, 1.165) is 43.4 Å². The van der Waals surface area contributed by atoms with Crippen molar-refractivity contribution in [2.45, 2.75) is 26.7 Å². The Labute approximate surface area is 125 Å². The van der Waals surface area contributed by atoms with E-state index in [1.54, 1.807) is 7.05 Å². The van der Waals surface area contributed by atoms with Gasteiger partial charge >= 0.3 is 0 Å². The first-order valence-electron chi connectivity index (χ1n) is 7.44. The second kappa shape index (κ2) is 7.61. The molecule has 2 heterocycles. The van der Waals surface area contributed by atoms with Crippen LogP contribution < -0.4 is 10.6 Å². The summed E-state index contributed by atoms with van der Waals surface area (Å²) in [5.41, 5.74) is 0.898. The summed E-state index contributed by atoms with van der Waals surface area (Å²) in [6, 6.07) is 5.93. The zero-order valence-electron chi connectivity index (χ0n) is 13.0. The minimum Gasteiger partial charge on any atom is -0.356 e. The molecule has 6 nitrogen and oxygen atoms in total. The maximum Gasteiger partial charge on any atom is 0.190 e. The van der Waals surface area contributed by atoms with Gasteiger partial charge in [0.05, 0.1) is 0 Å². The van der Waals surface area contributed by atoms with Crippen molar-refractivity contribution >= 4 is 11.6 Å². The van der Waals surface area contributed by atoms with Crippen molar-refractivity contribution in [1.29, 1.82) is 0 Å². The Hall–Kier alpha value is -2.11. The van der Waals surface area contributed by atoms with Crippen LogP contribution in [0.4, 0.5) is 0 Å². The molecule has 6 heteroatoms. The van der Waals surface area contributed by atoms with Crippen molar-refractivity contribution < 1.29 is 0 Å². The van der Waals surface area contributed by atoms with Crippen LogP contribution in [-0.4, -0.2) is 40.7 Å². The van der Waals surface area contributed by atoms with E-state index in [9.17, 15) is 0 Å². The minimum absolute atomic E-state index is 0.603. The maximum atomic E-state index is 4.23. The Kier molecular flexibility index (Phi) is 5.54. The van der Waals surface area contributed by atoms with Gasteiger partial charge in [0, 0.05) is 32.8 Å². The summed E-state index contributed by atoms with van der Waals surface area (Å²) in [5.74, 6) is 2.46. The average Bonchev–Trinajstić information content (AvgIpc) is 2.90. The fraction of sp³-hybridized carbons (Fsp3) is 0.533. The third-order valence-corrected chi connectivity index (χ3v) is 3.16. The molecule has 0 atom stereocenters. The molecule has 2 aromatic heterocycles. The van der Waals surface area contributed by atoms with E-state index in [-0.39, 0.29) is 0 Å². The number of rotatable bonds is 6. The number of nitrogens with zero attached hydrogens (tertiary/aromatic N) is 4. The topological polar surface area (TPSA) is 66.6 Å². The van der Waals surface area contributed by atoms with Crippen LogP contribution in [0, 0.1) is 5.92 Å². The molecule has 21 heavy (non-hydrogen) atoms. The highest BCUT2D eigenvalue weighted by molar-refractivity contribution is 5.79. The molecular formula is C15H24N6. The highest BCUT2D eigenvalue weighted by atomic mass is 15.2. The van der Waals surface area contributed by atoms with Crippen LogP contribution in [0.15, 0.2) is 29.4 Å². The SMILES string of the molecule is CN=C(NCCCc1nnc2ccccn12)NCC(C)C. The number of hydrogen-bond donors (Lipinski definition) is 2. The summed E-state index contributed by atoms with van der Waals surface area (Å²) < 4.78 is 2.03. The van der Waals surface area contributed by atoms with Crippen molar-refractivity contribution in [3.05, 3.63) is 30.2 Å². The monoisotopic (exact) mass is 288 g/mol. The Morgan fingerprint density at radius 2 is 2.14 bits per heavy atom. The Bertz CT molecular complexity index is 587. The van der Waals surface area contributed by atoms with Crippen LogP contribution in [0.25, 0.3) is 5.65 Å². The molecule has 2 N–H and O–H groups in total. The second-order valence-corrected chi connectivity index (χ2v) is 5.42. The molecule has 0 aliphatic rings. The molecule has 0 aliphatic carbocycles. The van der Waals surface area contributed by atoms with Crippen LogP contribution in [0.2, 0.25) is 0 Å². The van der Waals surface area contributed by atoms with Crippen molar-refractivity contribution in [2.24, 2.45) is 10.9 Å². The summed E-state index contributed by atoms with van der Waals surface area (Å²) in [4.78, 5) is 4.21. The van der Waals surface area contributed by atoms with Crippen LogP contribution in [0.1, 0.15) is 26.1 Å². The Morgan fingerprint density at radius 1 is 1.29 bits per heavy atom. The van der Waals surface area contributed by atoms with Gasteiger partial charge in [-0.25, -0.2) is 0 Å². The molecule has 0 saturated carbocycles. The van der Waals surface area contributed by atoms with E-state index in [2.05, 4.69) is 39.7 Å². The zero-order valence-corrected chi connectivity index (χ0v) is 13.0. The standard InChI is InChI=1S/C15H24N6/c1-12(2)11-18-15(16-3)17-9-6-8-14-20-19-13-7-4-5-10-21(13)14/h4-5,7,10,12H,6,8-9,11H2,1-3H3,(H2,16,17,18). The molecule has 0 aliphatic heterocycles. The molecular weight excluding hydrogens is 264 g/mol. The van der Waals surface area contributed by atoms with Gasteiger partial charge in [0.25, 0.3) is 0 Å². The molecule has 0 aromatic carbocycles. The highest BCUT2D eigenvalue weighted by Crippen LogP contribution is 2.04. The van der Waals surface area contributed by atoms with E-state index >= 15 is 0 Å². The Balaban J connectivity index is 1.76. The van der Waals surface area contributed by atoms with Gasteiger partial charge in [-0.1, -0.05) is 19.9 Å². The van der Waals surface area contributed by atoms with E-state index in [0.29, 0.717) is 5.92 Å². The lowest BCUT2D eigenvalue weighted by Crippen LogP contribution is -2.39. The van der Waals surface area contributed by atoms with Crippen LogP contribution in [0.5, 0.6) is 0 Å². The number of nitrogens with one attached hydrogen (secondary N) is 2. The number of fused-ring (bicyclic) bond motifs is 1. The van der Waals surface area contributed by atoms with Crippen molar-refractivity contribution in [3.8, 4) is 0 Å². The molecule has 0 saturated heterocycles. The summed E-state index contributed by atoms with van der Waals surface area (Å²) in [7, 11) is 1.79. The third kappa shape index (κ3) is 4.44. The first kappa shape index (κ1) is 15.3. The molecule has 0 fully saturated rings. The fourth-order valence-corrected chi connectivity index (χ4v) is 2.04. The van der Waals surface area contributed by atoms with Gasteiger partial charge in [0.2, 0.25) is 0 Å². The van der Waals surface area contributed by atoms with Gasteiger partial charge in [-0.3, -0.25) is 9.39 Å².